The molecule has 2 aromatic rings. The number of rotatable bonds is 5. The van der Waals surface area contributed by atoms with E-state index >= 15 is 0 Å². The number of halogens is 1. The van der Waals surface area contributed by atoms with E-state index in [1.807, 2.05) is 48.5 Å². The molecule has 0 unspecified atom stereocenters. The van der Waals surface area contributed by atoms with Crippen LogP contribution in [-0.4, -0.2) is 61.5 Å². The molecule has 2 aromatic carbocycles. The van der Waals surface area contributed by atoms with Crippen LogP contribution < -0.4 is 11.1 Å². The summed E-state index contributed by atoms with van der Waals surface area (Å²) in [5, 5.41) is 2.62. The Labute approximate surface area is 208 Å². The van der Waals surface area contributed by atoms with Gasteiger partial charge in [-0.05, 0) is 31.9 Å². The molecule has 0 aromatic heterocycles. The molecule has 3 amide bonds. The molecule has 0 aliphatic heterocycles. The van der Waals surface area contributed by atoms with Gasteiger partial charge in [0.15, 0.2) is 0 Å². The molecule has 0 bridgehead atoms. The number of nitrogens with zero attached hydrogens (tertiary/aromatic N) is 2. The van der Waals surface area contributed by atoms with E-state index in [9.17, 15) is 14.4 Å². The van der Waals surface area contributed by atoms with Crippen LogP contribution in [0.3, 0.4) is 0 Å². The lowest BCUT2D eigenvalue weighted by Gasteiger charge is -2.25. The number of carbonyl (C=O) groups excluding carboxylic acids is 3. The molecule has 0 heterocycles. The van der Waals surface area contributed by atoms with Crippen molar-refractivity contribution in [1.82, 2.24) is 15.1 Å². The average molecular weight is 493 g/mol. The van der Waals surface area contributed by atoms with E-state index < -0.39 is 23.8 Å². The lowest BCUT2D eigenvalue weighted by molar-refractivity contribution is -0.131. The zero-order chi connectivity index (χ0) is 25.2. The molecule has 0 radical (unpaired) electrons. The van der Waals surface area contributed by atoms with Gasteiger partial charge in [-0.15, -0.1) is 12.4 Å². The maximum atomic E-state index is 12.2. The second-order valence-electron chi connectivity index (χ2n) is 8.84. The van der Waals surface area contributed by atoms with Crippen LogP contribution in [0.2, 0.25) is 0 Å². The summed E-state index contributed by atoms with van der Waals surface area (Å²) in [5.41, 5.74) is 6.71. The number of ether oxygens (including phenoxy) is 1. The summed E-state index contributed by atoms with van der Waals surface area (Å²) in [5.74, 6) is -0.284. The van der Waals surface area contributed by atoms with Gasteiger partial charge in [-0.3, -0.25) is 9.59 Å². The molecule has 9 heteroatoms. The Morgan fingerprint density at radius 1 is 0.794 bits per heavy atom. The molecule has 2 rings (SSSR count). The fourth-order valence-corrected chi connectivity index (χ4v) is 2.70. The summed E-state index contributed by atoms with van der Waals surface area (Å²) < 4.78 is 5.20. The number of carbonyl (C=O) groups is 3. The minimum absolute atomic E-state index is 0. The Kier molecular flexibility index (Phi) is 12.9. The molecule has 2 atom stereocenters. The van der Waals surface area contributed by atoms with Crippen molar-refractivity contribution in [3.8, 4) is 0 Å². The van der Waals surface area contributed by atoms with Gasteiger partial charge in [0.1, 0.15) is 17.7 Å². The minimum Gasteiger partial charge on any atom is -0.444 e. The monoisotopic (exact) mass is 492 g/mol. The zero-order valence-electron chi connectivity index (χ0n) is 20.9. The van der Waals surface area contributed by atoms with Crippen molar-refractivity contribution in [3.05, 3.63) is 71.8 Å². The Morgan fingerprint density at radius 3 is 1.59 bits per heavy atom. The quantitative estimate of drug-likeness (QED) is 0.664. The Hall–Kier alpha value is -3.10. The smallest absolute Gasteiger partial charge is 0.408 e. The SMILES string of the molecule is CN(C)C(=O)[C@@H](N)c1ccccc1.CN(C)C(=O)[C@@H](NC(=O)OC(C)(C)C)c1ccccc1.Cl. The lowest BCUT2D eigenvalue weighted by atomic mass is 10.1. The van der Waals surface area contributed by atoms with Crippen molar-refractivity contribution in [1.29, 1.82) is 0 Å². The van der Waals surface area contributed by atoms with Crippen molar-refractivity contribution in [2.45, 2.75) is 38.5 Å². The number of nitrogens with two attached hydrogens (primary N) is 1. The molecule has 0 saturated carbocycles. The highest BCUT2D eigenvalue weighted by molar-refractivity contribution is 5.86. The second kappa shape index (κ2) is 14.2. The first-order valence-corrected chi connectivity index (χ1v) is 10.6. The van der Waals surface area contributed by atoms with E-state index in [0.717, 1.165) is 11.1 Å². The van der Waals surface area contributed by atoms with Gasteiger partial charge in [-0.25, -0.2) is 4.79 Å². The number of nitrogens with one attached hydrogen (secondary N) is 1. The van der Waals surface area contributed by atoms with Gasteiger partial charge in [0, 0.05) is 28.2 Å². The van der Waals surface area contributed by atoms with Crippen LogP contribution >= 0.6 is 12.4 Å². The minimum atomic E-state index is -0.749. The van der Waals surface area contributed by atoms with Crippen LogP contribution in [0.25, 0.3) is 0 Å². The van der Waals surface area contributed by atoms with Crippen LogP contribution in [0.4, 0.5) is 4.79 Å². The van der Waals surface area contributed by atoms with Crippen LogP contribution in [-0.2, 0) is 14.3 Å². The topological polar surface area (TPSA) is 105 Å². The van der Waals surface area contributed by atoms with E-state index in [1.165, 1.54) is 9.80 Å². The van der Waals surface area contributed by atoms with Crippen molar-refractivity contribution in [2.24, 2.45) is 5.73 Å². The Bertz CT molecular complexity index is 900. The predicted octanol–water partition coefficient (Wildman–Crippen LogP) is 3.54. The summed E-state index contributed by atoms with van der Waals surface area (Å²) >= 11 is 0. The van der Waals surface area contributed by atoms with Crippen molar-refractivity contribution >= 4 is 30.3 Å². The third kappa shape index (κ3) is 10.7. The number of amides is 3. The van der Waals surface area contributed by atoms with Gasteiger partial charge in [0.2, 0.25) is 11.8 Å². The van der Waals surface area contributed by atoms with Crippen LogP contribution in [0.15, 0.2) is 60.7 Å². The molecule has 0 aliphatic rings. The molecule has 8 nitrogen and oxygen atoms in total. The van der Waals surface area contributed by atoms with E-state index in [-0.39, 0.29) is 24.2 Å². The fraction of sp³-hybridized carbons (Fsp3) is 0.400. The Morgan fingerprint density at radius 2 is 1.21 bits per heavy atom. The second-order valence-corrected chi connectivity index (χ2v) is 8.84. The van der Waals surface area contributed by atoms with Gasteiger partial charge < -0.3 is 25.6 Å². The van der Waals surface area contributed by atoms with Gasteiger partial charge in [-0.1, -0.05) is 60.7 Å². The molecular formula is C25H37ClN4O4. The fourth-order valence-electron chi connectivity index (χ4n) is 2.70. The van der Waals surface area contributed by atoms with E-state index in [2.05, 4.69) is 5.32 Å². The van der Waals surface area contributed by atoms with E-state index in [0.29, 0.717) is 0 Å². The van der Waals surface area contributed by atoms with E-state index in [4.69, 9.17) is 10.5 Å². The molecule has 3 N–H and O–H groups in total. The standard InChI is InChI=1S/C15H22N2O3.C10H14N2O.ClH/c1-15(2,3)20-14(19)16-12(13(18)17(4)5)11-9-7-6-8-10-11;1-12(2)10(13)9(11)8-6-4-3-5-7-8;/h6-10,12H,1-5H3,(H,16,19);3-7,9H,11H2,1-2H3;1H/t12-;9-;/m00./s1. The molecular weight excluding hydrogens is 456 g/mol. The van der Waals surface area contributed by atoms with Crippen LogP contribution in [0.1, 0.15) is 44.0 Å². The highest BCUT2D eigenvalue weighted by atomic mass is 35.5. The van der Waals surface area contributed by atoms with Crippen molar-refractivity contribution in [3.63, 3.8) is 0 Å². The zero-order valence-corrected chi connectivity index (χ0v) is 21.8. The molecule has 0 aliphatic carbocycles. The summed E-state index contributed by atoms with van der Waals surface area (Å²) in [6.07, 6.45) is -0.610. The van der Waals surface area contributed by atoms with Crippen LogP contribution in [0, 0.1) is 0 Å². The number of likely N-dealkylation sites (N-methyl/N-ethyl adjacent to an activating group) is 2. The first-order valence-electron chi connectivity index (χ1n) is 10.6. The largest absolute Gasteiger partial charge is 0.444 e. The first kappa shape index (κ1) is 30.9. The van der Waals surface area contributed by atoms with Gasteiger partial charge in [-0.2, -0.15) is 0 Å². The van der Waals surface area contributed by atoms with Crippen molar-refractivity contribution < 1.29 is 19.1 Å². The van der Waals surface area contributed by atoms with Gasteiger partial charge in [0.25, 0.3) is 0 Å². The van der Waals surface area contributed by atoms with E-state index in [1.54, 1.807) is 61.1 Å². The number of hydrogen-bond acceptors (Lipinski definition) is 5. The maximum absolute atomic E-state index is 12.2. The highest BCUT2D eigenvalue weighted by Crippen LogP contribution is 2.16. The average Bonchev–Trinajstić information content (AvgIpc) is 2.76. The van der Waals surface area contributed by atoms with Gasteiger partial charge >= 0.3 is 6.09 Å². The summed E-state index contributed by atoms with van der Waals surface area (Å²) in [6, 6.07) is 17.1. The van der Waals surface area contributed by atoms with Crippen molar-refractivity contribution in [2.75, 3.05) is 28.2 Å². The van der Waals surface area contributed by atoms with Gasteiger partial charge in [0.05, 0.1) is 0 Å². The summed E-state index contributed by atoms with van der Waals surface area (Å²) in [7, 11) is 6.69. The first-order chi connectivity index (χ1) is 15.3. The third-order valence-corrected chi connectivity index (χ3v) is 4.35. The molecule has 34 heavy (non-hydrogen) atoms. The summed E-state index contributed by atoms with van der Waals surface area (Å²) in [4.78, 5) is 38.4. The number of alkyl carbamates (subject to hydrolysis) is 1. The third-order valence-electron chi connectivity index (χ3n) is 4.35. The number of hydrogen-bond donors (Lipinski definition) is 2. The lowest BCUT2D eigenvalue weighted by Crippen LogP contribution is -2.42. The maximum Gasteiger partial charge on any atom is 0.408 e. The predicted molar refractivity (Wildman–Crippen MR) is 137 cm³/mol. The number of benzene rings is 2. The molecule has 0 spiro atoms. The highest BCUT2D eigenvalue weighted by Gasteiger charge is 2.26. The molecule has 0 fully saturated rings. The summed E-state index contributed by atoms with van der Waals surface area (Å²) in [6.45, 7) is 5.33. The molecule has 188 valence electrons. The molecule has 0 saturated heterocycles. The Balaban J connectivity index is 0.000000676. The van der Waals surface area contributed by atoms with Crippen LogP contribution in [0.5, 0.6) is 0 Å². The normalized spacial score (nSPS) is 12.0.